The molecule has 1 aliphatic rings. The highest BCUT2D eigenvalue weighted by molar-refractivity contribution is 7.91. The Kier molecular flexibility index (Phi) is 5.36. The molecule has 0 saturated heterocycles. The second kappa shape index (κ2) is 6.92. The Morgan fingerprint density at radius 1 is 1.26 bits per heavy atom. The summed E-state index contributed by atoms with van der Waals surface area (Å²) in [5, 5.41) is 2.01. The number of hydrogen-bond donors (Lipinski definition) is 2. The molecule has 0 atom stereocenters. The van der Waals surface area contributed by atoms with Gasteiger partial charge in [-0.1, -0.05) is 6.07 Å². The maximum absolute atomic E-state index is 12.9. The first-order valence-corrected chi connectivity index (χ1v) is 9.08. The number of hydrogen-bond acceptors (Lipinski definition) is 4. The van der Waals surface area contributed by atoms with Crippen molar-refractivity contribution in [2.24, 2.45) is 5.73 Å². The molecule has 1 aromatic carbocycles. The van der Waals surface area contributed by atoms with Crippen LogP contribution in [0.2, 0.25) is 0 Å². The Morgan fingerprint density at radius 2 is 1.96 bits per heavy atom. The van der Waals surface area contributed by atoms with Gasteiger partial charge in [-0.3, -0.25) is 4.79 Å². The minimum atomic E-state index is -3.61. The molecule has 0 bridgehead atoms. The Morgan fingerprint density at radius 3 is 2.65 bits per heavy atom. The van der Waals surface area contributed by atoms with Gasteiger partial charge < -0.3 is 11.1 Å². The summed E-state index contributed by atoms with van der Waals surface area (Å²) >= 11 is 0. The molecule has 2 rings (SSSR count). The number of halogens is 2. The van der Waals surface area contributed by atoms with E-state index in [4.69, 9.17) is 5.73 Å². The van der Waals surface area contributed by atoms with Crippen molar-refractivity contribution < 1.29 is 22.0 Å². The molecule has 0 aliphatic heterocycles. The van der Waals surface area contributed by atoms with Crippen LogP contribution in [0.3, 0.4) is 0 Å². The van der Waals surface area contributed by atoms with Crippen molar-refractivity contribution in [3.63, 3.8) is 0 Å². The van der Waals surface area contributed by atoms with Crippen LogP contribution in [0.4, 0.5) is 8.78 Å². The molecule has 0 saturated carbocycles. The predicted molar refractivity (Wildman–Crippen MR) is 82.1 cm³/mol. The lowest BCUT2D eigenvalue weighted by Gasteiger charge is -2.14. The minimum absolute atomic E-state index is 0.179. The van der Waals surface area contributed by atoms with E-state index in [0.717, 1.165) is 30.4 Å². The largest absolute Gasteiger partial charge is 0.350 e. The molecule has 23 heavy (non-hydrogen) atoms. The summed E-state index contributed by atoms with van der Waals surface area (Å²) in [5.74, 6) is -4.33. The lowest BCUT2D eigenvalue weighted by molar-refractivity contribution is -0.122. The van der Waals surface area contributed by atoms with Crippen LogP contribution < -0.4 is 11.1 Å². The van der Waals surface area contributed by atoms with Gasteiger partial charge in [0.05, 0.1) is 23.7 Å². The summed E-state index contributed by atoms with van der Waals surface area (Å²) in [6.07, 6.45) is 2.46. The van der Waals surface area contributed by atoms with Crippen LogP contribution in [-0.2, 0) is 27.5 Å². The van der Waals surface area contributed by atoms with Gasteiger partial charge in [-0.2, -0.15) is 0 Å². The highest BCUT2D eigenvalue weighted by atomic mass is 32.2. The maximum atomic E-state index is 12.9. The smallest absolute Gasteiger partial charge is 0.277 e. The number of aryl methyl sites for hydroxylation is 2. The zero-order valence-electron chi connectivity index (χ0n) is 12.6. The number of sulfone groups is 1. The zero-order chi connectivity index (χ0) is 17.1. The van der Waals surface area contributed by atoms with Gasteiger partial charge in [0.15, 0.2) is 9.84 Å². The van der Waals surface area contributed by atoms with Crippen molar-refractivity contribution in [2.75, 3.05) is 18.8 Å². The van der Waals surface area contributed by atoms with Crippen LogP contribution in [0, 0.1) is 0 Å². The van der Waals surface area contributed by atoms with Gasteiger partial charge in [-0.15, -0.1) is 0 Å². The number of benzene rings is 1. The van der Waals surface area contributed by atoms with Gasteiger partial charge >= 0.3 is 0 Å². The maximum Gasteiger partial charge on any atom is 0.277 e. The van der Waals surface area contributed by atoms with Crippen LogP contribution in [0.15, 0.2) is 23.1 Å². The summed E-state index contributed by atoms with van der Waals surface area (Å²) < 4.78 is 50.3. The van der Waals surface area contributed by atoms with Crippen molar-refractivity contribution in [1.82, 2.24) is 5.32 Å². The molecule has 1 aliphatic carbocycles. The Hall–Kier alpha value is -1.54. The van der Waals surface area contributed by atoms with Gasteiger partial charge in [-0.25, -0.2) is 17.2 Å². The summed E-state index contributed by atoms with van der Waals surface area (Å²) in [6, 6.07) is 5.00. The molecule has 1 aromatic rings. The third kappa shape index (κ3) is 4.71. The summed E-state index contributed by atoms with van der Waals surface area (Å²) in [4.78, 5) is 11.7. The number of amides is 1. The quantitative estimate of drug-likeness (QED) is 0.772. The van der Waals surface area contributed by atoms with Crippen molar-refractivity contribution in [3.05, 3.63) is 29.3 Å². The van der Waals surface area contributed by atoms with Crippen LogP contribution in [0.25, 0.3) is 0 Å². The van der Waals surface area contributed by atoms with E-state index in [1.54, 1.807) is 18.2 Å². The third-order valence-electron chi connectivity index (χ3n) is 3.87. The van der Waals surface area contributed by atoms with E-state index < -0.39 is 40.5 Å². The Balaban J connectivity index is 1.93. The average Bonchev–Trinajstić information content (AvgIpc) is 2.98. The van der Waals surface area contributed by atoms with E-state index in [1.807, 2.05) is 5.32 Å². The molecule has 0 aromatic heterocycles. The highest BCUT2D eigenvalue weighted by Gasteiger charge is 2.27. The monoisotopic (exact) mass is 346 g/mol. The molecule has 0 spiro atoms. The predicted octanol–water partition coefficient (Wildman–Crippen LogP) is 1.05. The number of carbonyl (C=O) groups excluding carboxylic acids is 1. The van der Waals surface area contributed by atoms with Crippen LogP contribution >= 0.6 is 0 Å². The molecule has 1 amide bonds. The SMILES string of the molecule is NCC(F)(F)CNC(=O)CCS(=O)(=O)c1ccc2c(c1)CCC2. The molecular formula is C15H20F2N2O3S. The van der Waals surface area contributed by atoms with Crippen LogP contribution in [0.1, 0.15) is 24.0 Å². The second-order valence-electron chi connectivity index (χ2n) is 5.69. The number of fused-ring (bicyclic) bond motifs is 1. The summed E-state index contributed by atoms with van der Waals surface area (Å²) in [6.45, 7) is -1.76. The molecule has 0 fully saturated rings. The van der Waals surface area contributed by atoms with Gasteiger partial charge in [0, 0.05) is 6.42 Å². The first-order valence-electron chi connectivity index (χ1n) is 7.43. The highest BCUT2D eigenvalue weighted by Crippen LogP contribution is 2.25. The van der Waals surface area contributed by atoms with Gasteiger partial charge in [0.1, 0.15) is 0 Å². The van der Waals surface area contributed by atoms with Crippen molar-refractivity contribution >= 4 is 15.7 Å². The molecular weight excluding hydrogens is 326 g/mol. The number of nitrogens with two attached hydrogens (primary N) is 1. The standard InChI is InChI=1S/C15H20F2N2O3S/c16-15(17,9-18)10-19-14(20)6-7-23(21,22)13-5-4-11-2-1-3-12(11)8-13/h4-5,8H,1-3,6-7,9-10,18H2,(H,19,20). The Bertz CT molecular complexity index is 690. The summed E-state index contributed by atoms with van der Waals surface area (Å²) in [5.41, 5.74) is 7.04. The van der Waals surface area contributed by atoms with Crippen molar-refractivity contribution in [3.8, 4) is 0 Å². The molecule has 0 radical (unpaired) electrons. The van der Waals surface area contributed by atoms with E-state index in [9.17, 15) is 22.0 Å². The van der Waals surface area contributed by atoms with E-state index in [-0.39, 0.29) is 11.3 Å². The van der Waals surface area contributed by atoms with Gasteiger partial charge in [0.2, 0.25) is 5.91 Å². The Labute approximate surface area is 134 Å². The molecule has 0 unspecified atom stereocenters. The van der Waals surface area contributed by atoms with Crippen LogP contribution in [0.5, 0.6) is 0 Å². The fourth-order valence-electron chi connectivity index (χ4n) is 2.48. The number of rotatable bonds is 7. The van der Waals surface area contributed by atoms with E-state index >= 15 is 0 Å². The van der Waals surface area contributed by atoms with Gasteiger partial charge in [-0.05, 0) is 42.5 Å². The fraction of sp³-hybridized carbons (Fsp3) is 0.533. The van der Waals surface area contributed by atoms with E-state index in [1.165, 1.54) is 0 Å². The summed E-state index contributed by atoms with van der Waals surface area (Å²) in [7, 11) is -3.61. The molecule has 3 N–H and O–H groups in total. The average molecular weight is 346 g/mol. The second-order valence-corrected chi connectivity index (χ2v) is 7.80. The minimum Gasteiger partial charge on any atom is -0.350 e. The number of nitrogens with one attached hydrogen (secondary N) is 1. The van der Waals surface area contributed by atoms with Crippen molar-refractivity contribution in [2.45, 2.75) is 36.5 Å². The first-order chi connectivity index (χ1) is 10.7. The molecule has 128 valence electrons. The van der Waals surface area contributed by atoms with E-state index in [0.29, 0.717) is 0 Å². The van der Waals surface area contributed by atoms with E-state index in [2.05, 4.69) is 0 Å². The normalized spacial score (nSPS) is 14.6. The number of carbonyl (C=O) groups is 1. The molecule has 5 nitrogen and oxygen atoms in total. The lowest BCUT2D eigenvalue weighted by atomic mass is 10.1. The topological polar surface area (TPSA) is 89.3 Å². The molecule has 0 heterocycles. The molecule has 8 heteroatoms. The zero-order valence-corrected chi connectivity index (χ0v) is 13.5. The van der Waals surface area contributed by atoms with Gasteiger partial charge in [0.25, 0.3) is 5.92 Å². The number of alkyl halides is 2. The third-order valence-corrected chi connectivity index (χ3v) is 5.58. The fourth-order valence-corrected chi connectivity index (χ4v) is 3.76. The first kappa shape index (κ1) is 17.8. The van der Waals surface area contributed by atoms with Crippen molar-refractivity contribution in [1.29, 1.82) is 0 Å². The lowest BCUT2D eigenvalue weighted by Crippen LogP contribution is -2.41. The van der Waals surface area contributed by atoms with Crippen LogP contribution in [-0.4, -0.2) is 39.1 Å².